The zero-order chi connectivity index (χ0) is 19.1. The smallest absolute Gasteiger partial charge is 0.270 e. The zero-order valence-corrected chi connectivity index (χ0v) is 15.5. The quantitative estimate of drug-likeness (QED) is 0.622. The highest BCUT2D eigenvalue weighted by Crippen LogP contribution is 2.24. The van der Waals surface area contributed by atoms with E-state index in [-0.39, 0.29) is 5.91 Å². The third-order valence-electron chi connectivity index (χ3n) is 4.14. The number of para-hydroxylation sites is 1. The van der Waals surface area contributed by atoms with Crippen LogP contribution in [0.3, 0.4) is 0 Å². The fourth-order valence-corrected chi connectivity index (χ4v) is 2.72. The molecule has 0 saturated carbocycles. The molecule has 3 rings (SSSR count). The van der Waals surface area contributed by atoms with Crippen molar-refractivity contribution in [1.82, 2.24) is 15.1 Å². The van der Waals surface area contributed by atoms with E-state index in [1.54, 1.807) is 25.0 Å². The summed E-state index contributed by atoms with van der Waals surface area (Å²) in [7, 11) is 3.28. The molecule has 0 atom stereocenters. The van der Waals surface area contributed by atoms with Crippen molar-refractivity contribution >= 4 is 5.91 Å². The average Bonchev–Trinajstić information content (AvgIpc) is 3.17. The Bertz CT molecular complexity index is 873. The van der Waals surface area contributed by atoms with E-state index in [4.69, 9.17) is 9.47 Å². The summed E-state index contributed by atoms with van der Waals surface area (Å²) < 4.78 is 11.9. The van der Waals surface area contributed by atoms with Gasteiger partial charge in [-0.3, -0.25) is 4.79 Å². The summed E-state index contributed by atoms with van der Waals surface area (Å²) in [6, 6.07) is 19.0. The van der Waals surface area contributed by atoms with Crippen LogP contribution in [0.2, 0.25) is 0 Å². The average molecular weight is 365 g/mol. The first-order valence-corrected chi connectivity index (χ1v) is 8.80. The highest BCUT2D eigenvalue weighted by atomic mass is 16.5. The molecule has 0 bridgehead atoms. The predicted molar refractivity (Wildman–Crippen MR) is 104 cm³/mol. The Morgan fingerprint density at radius 1 is 1.07 bits per heavy atom. The van der Waals surface area contributed by atoms with Crippen molar-refractivity contribution in [1.29, 1.82) is 0 Å². The van der Waals surface area contributed by atoms with E-state index in [1.807, 2.05) is 54.6 Å². The highest BCUT2D eigenvalue weighted by molar-refractivity contribution is 5.94. The molecule has 6 heteroatoms. The number of aromatic nitrogens is 2. The second-order valence-electron chi connectivity index (χ2n) is 5.99. The Morgan fingerprint density at radius 2 is 1.81 bits per heavy atom. The molecule has 0 saturated heterocycles. The van der Waals surface area contributed by atoms with Crippen LogP contribution in [-0.2, 0) is 4.74 Å². The van der Waals surface area contributed by atoms with Gasteiger partial charge in [0.25, 0.3) is 5.91 Å². The number of benzene rings is 2. The molecule has 0 radical (unpaired) electrons. The largest absolute Gasteiger partial charge is 0.497 e. The van der Waals surface area contributed by atoms with Gasteiger partial charge in [0, 0.05) is 25.8 Å². The fourth-order valence-electron chi connectivity index (χ4n) is 2.72. The lowest BCUT2D eigenvalue weighted by Gasteiger charge is -2.08. The Hall–Kier alpha value is -3.12. The van der Waals surface area contributed by atoms with Crippen molar-refractivity contribution in [2.75, 3.05) is 27.4 Å². The normalized spacial score (nSPS) is 10.6. The number of hydrogen-bond donors (Lipinski definition) is 1. The number of methoxy groups -OCH3 is 2. The van der Waals surface area contributed by atoms with E-state index in [1.165, 1.54) is 0 Å². The van der Waals surface area contributed by atoms with Crippen molar-refractivity contribution in [3.05, 3.63) is 66.4 Å². The van der Waals surface area contributed by atoms with Gasteiger partial charge in [-0.2, -0.15) is 5.10 Å². The van der Waals surface area contributed by atoms with Gasteiger partial charge in [0.2, 0.25) is 0 Å². The molecular weight excluding hydrogens is 342 g/mol. The molecule has 0 fully saturated rings. The Balaban J connectivity index is 1.92. The van der Waals surface area contributed by atoms with Gasteiger partial charge in [-0.1, -0.05) is 18.2 Å². The van der Waals surface area contributed by atoms with Crippen LogP contribution in [0.1, 0.15) is 16.9 Å². The number of nitrogens with zero attached hydrogens (tertiary/aromatic N) is 2. The topological polar surface area (TPSA) is 65.4 Å². The van der Waals surface area contributed by atoms with Crippen LogP contribution in [0, 0.1) is 0 Å². The van der Waals surface area contributed by atoms with Gasteiger partial charge >= 0.3 is 0 Å². The number of ether oxygens (including phenoxy) is 2. The molecule has 27 heavy (non-hydrogen) atoms. The Morgan fingerprint density at radius 3 is 2.48 bits per heavy atom. The van der Waals surface area contributed by atoms with Gasteiger partial charge in [0.05, 0.1) is 18.5 Å². The molecule has 1 heterocycles. The van der Waals surface area contributed by atoms with Gasteiger partial charge in [0.1, 0.15) is 11.4 Å². The van der Waals surface area contributed by atoms with Gasteiger partial charge in [0.15, 0.2) is 0 Å². The van der Waals surface area contributed by atoms with E-state index in [0.29, 0.717) is 18.8 Å². The summed E-state index contributed by atoms with van der Waals surface area (Å²) in [5, 5.41) is 7.59. The first-order chi connectivity index (χ1) is 13.2. The maximum absolute atomic E-state index is 12.7. The minimum atomic E-state index is -0.165. The summed E-state index contributed by atoms with van der Waals surface area (Å²) in [4.78, 5) is 12.7. The van der Waals surface area contributed by atoms with E-state index in [9.17, 15) is 4.79 Å². The first kappa shape index (κ1) is 18.7. The molecule has 6 nitrogen and oxygen atoms in total. The van der Waals surface area contributed by atoms with E-state index < -0.39 is 0 Å². The molecule has 1 N–H and O–H groups in total. The number of hydrogen-bond acceptors (Lipinski definition) is 4. The molecule has 0 spiro atoms. The second kappa shape index (κ2) is 9.00. The predicted octanol–water partition coefficient (Wildman–Crippen LogP) is 3.31. The summed E-state index contributed by atoms with van der Waals surface area (Å²) in [5.74, 6) is 0.611. The number of carbonyl (C=O) groups is 1. The van der Waals surface area contributed by atoms with Crippen LogP contribution in [0.5, 0.6) is 5.75 Å². The highest BCUT2D eigenvalue weighted by Gasteiger charge is 2.17. The number of carbonyl (C=O) groups excluding carboxylic acids is 1. The molecule has 0 unspecified atom stereocenters. The van der Waals surface area contributed by atoms with Crippen LogP contribution < -0.4 is 10.1 Å². The second-order valence-corrected chi connectivity index (χ2v) is 5.99. The van der Waals surface area contributed by atoms with E-state index in [2.05, 4.69) is 10.4 Å². The van der Waals surface area contributed by atoms with Crippen LogP contribution in [0.25, 0.3) is 16.9 Å². The van der Waals surface area contributed by atoms with E-state index >= 15 is 0 Å². The number of rotatable bonds is 8. The molecular formula is C21H23N3O3. The number of amides is 1. The molecule has 1 aromatic heterocycles. The zero-order valence-electron chi connectivity index (χ0n) is 15.5. The van der Waals surface area contributed by atoms with Gasteiger partial charge < -0.3 is 14.8 Å². The Kier molecular flexibility index (Phi) is 6.22. The van der Waals surface area contributed by atoms with Crippen LogP contribution in [0.4, 0.5) is 0 Å². The lowest BCUT2D eigenvalue weighted by atomic mass is 10.1. The summed E-state index contributed by atoms with van der Waals surface area (Å²) in [5.41, 5.74) is 2.96. The standard InChI is InChI=1S/C21H23N3O3/c1-26-14-6-13-22-21(25)20-15-19(16-9-11-18(27-2)12-10-16)23-24(20)17-7-4-3-5-8-17/h3-5,7-12,15H,6,13-14H2,1-2H3,(H,22,25). The minimum absolute atomic E-state index is 0.165. The monoisotopic (exact) mass is 365 g/mol. The van der Waals surface area contributed by atoms with Crippen LogP contribution in [0.15, 0.2) is 60.7 Å². The molecule has 0 aliphatic heterocycles. The maximum atomic E-state index is 12.7. The van der Waals surface area contributed by atoms with Gasteiger partial charge in [-0.15, -0.1) is 0 Å². The molecule has 1 amide bonds. The summed E-state index contributed by atoms with van der Waals surface area (Å²) in [6.45, 7) is 1.15. The van der Waals surface area contributed by atoms with Gasteiger partial charge in [-0.05, 0) is 48.9 Å². The fraction of sp³-hybridized carbons (Fsp3) is 0.238. The SMILES string of the molecule is COCCCNC(=O)c1cc(-c2ccc(OC)cc2)nn1-c1ccccc1. The van der Waals surface area contributed by atoms with Crippen molar-refractivity contribution in [2.24, 2.45) is 0 Å². The molecule has 0 aliphatic carbocycles. The molecule has 2 aromatic carbocycles. The first-order valence-electron chi connectivity index (χ1n) is 8.80. The summed E-state index contributed by atoms with van der Waals surface area (Å²) in [6.07, 6.45) is 0.757. The third-order valence-corrected chi connectivity index (χ3v) is 4.14. The van der Waals surface area contributed by atoms with Crippen molar-refractivity contribution in [3.8, 4) is 22.7 Å². The maximum Gasteiger partial charge on any atom is 0.270 e. The molecule has 3 aromatic rings. The van der Waals surface area contributed by atoms with Gasteiger partial charge in [-0.25, -0.2) is 4.68 Å². The minimum Gasteiger partial charge on any atom is -0.497 e. The van der Waals surface area contributed by atoms with Crippen molar-refractivity contribution < 1.29 is 14.3 Å². The molecule has 0 aliphatic rings. The van der Waals surface area contributed by atoms with Crippen molar-refractivity contribution in [3.63, 3.8) is 0 Å². The van der Waals surface area contributed by atoms with E-state index in [0.717, 1.165) is 29.1 Å². The lowest BCUT2D eigenvalue weighted by Crippen LogP contribution is -2.27. The third kappa shape index (κ3) is 4.54. The Labute approximate surface area is 158 Å². The number of nitrogens with one attached hydrogen (secondary N) is 1. The van der Waals surface area contributed by atoms with Crippen LogP contribution in [-0.4, -0.2) is 43.1 Å². The van der Waals surface area contributed by atoms with Crippen LogP contribution >= 0.6 is 0 Å². The molecule has 140 valence electrons. The van der Waals surface area contributed by atoms with Crippen molar-refractivity contribution in [2.45, 2.75) is 6.42 Å². The summed E-state index contributed by atoms with van der Waals surface area (Å²) >= 11 is 0. The lowest BCUT2D eigenvalue weighted by molar-refractivity contribution is 0.0941.